The number of hydrogen-bond acceptors (Lipinski definition) is 6. The van der Waals surface area contributed by atoms with Crippen LogP contribution in [-0.2, 0) is 11.4 Å². The summed E-state index contributed by atoms with van der Waals surface area (Å²) in [6, 6.07) is 6.58. The summed E-state index contributed by atoms with van der Waals surface area (Å²) in [6.45, 7) is 2.33. The van der Waals surface area contributed by atoms with Gasteiger partial charge in [-0.1, -0.05) is 23.2 Å². The van der Waals surface area contributed by atoms with E-state index >= 15 is 0 Å². The number of benzene rings is 1. The van der Waals surface area contributed by atoms with E-state index in [-0.39, 0.29) is 47.0 Å². The van der Waals surface area contributed by atoms with Gasteiger partial charge < -0.3 is 25.4 Å². The van der Waals surface area contributed by atoms with Crippen LogP contribution < -0.4 is 20.3 Å². The Bertz CT molecular complexity index is 1170. The van der Waals surface area contributed by atoms with Crippen LogP contribution in [0, 0.1) is 0 Å². The van der Waals surface area contributed by atoms with Gasteiger partial charge in [0.15, 0.2) is 5.60 Å². The number of carbonyl (C=O) groups excluding carboxylic acids is 2. The van der Waals surface area contributed by atoms with Gasteiger partial charge in [0.1, 0.15) is 11.6 Å². The normalized spacial score (nSPS) is 20.9. The maximum Gasteiger partial charge on any atom is 0.263 e. The lowest BCUT2D eigenvalue weighted by Crippen LogP contribution is -2.55. The van der Waals surface area contributed by atoms with Crippen LogP contribution in [0.5, 0.6) is 5.75 Å². The summed E-state index contributed by atoms with van der Waals surface area (Å²) in [5.41, 5.74) is -0.544. The summed E-state index contributed by atoms with van der Waals surface area (Å²) in [5.74, 6) is 0.0908. The zero-order valence-corrected chi connectivity index (χ0v) is 22.5. The summed E-state index contributed by atoms with van der Waals surface area (Å²) in [7, 11) is 0. The standard InChI is InChI=1S/C26H30Cl2F2N4O4/c1-26(2,38-21-10-19(27)15(13-35)7-20(21)28)25(37)33-16-8-17-4-5-18(9-16)34(17)23-6-3-14(11-31-23)24(36)32-12-22(29)30/h3,6-7,10-11,16-18,22,35H,4-5,8-9,12-13H2,1-2H3,(H,32,36)(H,33,37). The van der Waals surface area contributed by atoms with Gasteiger partial charge in [0.05, 0.1) is 23.7 Å². The van der Waals surface area contributed by atoms with Crippen LogP contribution in [0.1, 0.15) is 55.5 Å². The molecule has 2 amide bonds. The van der Waals surface area contributed by atoms with Crippen LogP contribution >= 0.6 is 23.2 Å². The van der Waals surface area contributed by atoms with Crippen LogP contribution in [0.15, 0.2) is 30.5 Å². The highest BCUT2D eigenvalue weighted by Gasteiger charge is 2.43. The minimum absolute atomic E-state index is 0.0608. The lowest BCUT2D eigenvalue weighted by atomic mass is 9.96. The number of rotatable bonds is 9. The third-order valence-corrected chi connectivity index (χ3v) is 7.59. The van der Waals surface area contributed by atoms with E-state index in [0.717, 1.165) is 12.8 Å². The van der Waals surface area contributed by atoms with Crippen LogP contribution in [0.25, 0.3) is 0 Å². The number of aliphatic hydroxyl groups excluding tert-OH is 1. The van der Waals surface area contributed by atoms with Crippen LogP contribution in [-0.4, -0.2) is 58.6 Å². The molecular weight excluding hydrogens is 541 g/mol. The highest BCUT2D eigenvalue weighted by atomic mass is 35.5. The number of carbonyl (C=O) groups is 2. The smallest absolute Gasteiger partial charge is 0.263 e. The monoisotopic (exact) mass is 570 g/mol. The molecule has 1 aromatic carbocycles. The number of halogens is 4. The predicted octanol–water partition coefficient (Wildman–Crippen LogP) is 4.35. The summed E-state index contributed by atoms with van der Waals surface area (Å²) >= 11 is 12.4. The number of amides is 2. The largest absolute Gasteiger partial charge is 0.476 e. The van der Waals surface area contributed by atoms with Crippen molar-refractivity contribution in [2.24, 2.45) is 0 Å². The maximum absolute atomic E-state index is 13.2. The number of hydrogen-bond donors (Lipinski definition) is 3. The molecule has 3 N–H and O–H groups in total. The van der Waals surface area contributed by atoms with Gasteiger partial charge in [-0.3, -0.25) is 9.59 Å². The molecular formula is C26H30Cl2F2N4O4. The number of nitrogens with one attached hydrogen (secondary N) is 2. The molecule has 2 aliphatic rings. The third-order valence-electron chi connectivity index (χ3n) is 6.94. The Labute approximate surface area is 229 Å². The number of pyridine rings is 1. The Morgan fingerprint density at radius 3 is 2.45 bits per heavy atom. The Morgan fingerprint density at radius 1 is 1.18 bits per heavy atom. The first kappa shape index (κ1) is 28.3. The van der Waals surface area contributed by atoms with Crippen LogP contribution in [0.3, 0.4) is 0 Å². The van der Waals surface area contributed by atoms with Crippen molar-refractivity contribution in [3.8, 4) is 5.75 Å². The number of fused-ring (bicyclic) bond motifs is 2. The Kier molecular flexibility index (Phi) is 8.64. The summed E-state index contributed by atoms with van der Waals surface area (Å²) < 4.78 is 30.6. The second-order valence-corrected chi connectivity index (χ2v) is 10.9. The fourth-order valence-electron chi connectivity index (χ4n) is 5.06. The number of anilines is 1. The van der Waals surface area contributed by atoms with Crippen molar-refractivity contribution in [1.29, 1.82) is 0 Å². The number of aromatic nitrogens is 1. The van der Waals surface area contributed by atoms with Crippen LogP contribution in [0.4, 0.5) is 14.6 Å². The topological polar surface area (TPSA) is 104 Å². The quantitative estimate of drug-likeness (QED) is 0.414. The highest BCUT2D eigenvalue weighted by Crippen LogP contribution is 2.39. The minimum Gasteiger partial charge on any atom is -0.476 e. The average Bonchev–Trinajstić information content (AvgIpc) is 3.14. The molecule has 206 valence electrons. The van der Waals surface area contributed by atoms with Crippen molar-refractivity contribution < 1.29 is 28.2 Å². The molecule has 0 radical (unpaired) electrons. The first-order chi connectivity index (χ1) is 18.0. The van der Waals surface area contributed by atoms with Gasteiger partial charge in [-0.25, -0.2) is 13.8 Å². The molecule has 38 heavy (non-hydrogen) atoms. The molecule has 0 spiro atoms. The van der Waals surface area contributed by atoms with E-state index in [9.17, 15) is 23.5 Å². The first-order valence-corrected chi connectivity index (χ1v) is 13.1. The van der Waals surface area contributed by atoms with E-state index < -0.39 is 24.5 Å². The van der Waals surface area contributed by atoms with Gasteiger partial charge in [-0.05, 0) is 63.3 Å². The van der Waals surface area contributed by atoms with Gasteiger partial charge in [0.25, 0.3) is 18.2 Å². The lowest BCUT2D eigenvalue weighted by molar-refractivity contribution is -0.135. The van der Waals surface area contributed by atoms with Crippen molar-refractivity contribution in [2.45, 2.75) is 76.3 Å². The molecule has 2 aliphatic heterocycles. The lowest BCUT2D eigenvalue weighted by Gasteiger charge is -2.40. The molecule has 3 heterocycles. The second kappa shape index (κ2) is 11.6. The third kappa shape index (κ3) is 6.30. The minimum atomic E-state index is -2.62. The Hall–Kier alpha value is -2.69. The molecule has 2 fully saturated rings. The van der Waals surface area contributed by atoms with Gasteiger partial charge >= 0.3 is 0 Å². The number of nitrogens with zero attached hydrogens (tertiary/aromatic N) is 2. The molecule has 2 bridgehead atoms. The van der Waals surface area contributed by atoms with Gasteiger partial charge in [-0.2, -0.15) is 0 Å². The SMILES string of the molecule is CC(C)(Oc1cc(Cl)c(CO)cc1Cl)C(=O)NC1CC2CCC(C1)N2c1ccc(C(=O)NCC(F)F)cn1. The van der Waals surface area contributed by atoms with E-state index in [4.69, 9.17) is 27.9 Å². The second-order valence-electron chi connectivity index (χ2n) is 10.1. The predicted molar refractivity (Wildman–Crippen MR) is 140 cm³/mol. The van der Waals surface area contributed by atoms with Crippen molar-refractivity contribution >= 4 is 40.8 Å². The fraction of sp³-hybridized carbons (Fsp3) is 0.500. The highest BCUT2D eigenvalue weighted by molar-refractivity contribution is 6.34. The van der Waals surface area contributed by atoms with Gasteiger partial charge in [0, 0.05) is 35.4 Å². The first-order valence-electron chi connectivity index (χ1n) is 12.4. The molecule has 2 unspecified atom stereocenters. The fourth-order valence-corrected chi connectivity index (χ4v) is 5.50. The zero-order chi connectivity index (χ0) is 27.6. The summed E-state index contributed by atoms with van der Waals surface area (Å²) in [6.07, 6.45) is 2.10. The molecule has 2 aromatic rings. The Balaban J connectivity index is 1.37. The number of piperidine rings is 1. The van der Waals surface area contributed by atoms with E-state index in [0.29, 0.717) is 29.2 Å². The molecule has 0 saturated carbocycles. The molecule has 2 atom stereocenters. The summed E-state index contributed by atoms with van der Waals surface area (Å²) in [4.78, 5) is 31.8. The molecule has 4 rings (SSSR count). The maximum atomic E-state index is 13.2. The molecule has 1 aromatic heterocycles. The van der Waals surface area contributed by atoms with E-state index in [1.54, 1.807) is 26.0 Å². The van der Waals surface area contributed by atoms with Crippen molar-refractivity contribution in [2.75, 3.05) is 11.4 Å². The van der Waals surface area contributed by atoms with Crippen molar-refractivity contribution in [3.63, 3.8) is 0 Å². The number of alkyl halides is 2. The van der Waals surface area contributed by atoms with Gasteiger partial charge in [0.2, 0.25) is 0 Å². The van der Waals surface area contributed by atoms with E-state index in [2.05, 4.69) is 20.5 Å². The van der Waals surface area contributed by atoms with E-state index in [1.807, 2.05) is 0 Å². The number of ether oxygens (including phenoxy) is 1. The van der Waals surface area contributed by atoms with Crippen molar-refractivity contribution in [1.82, 2.24) is 15.6 Å². The molecule has 8 nitrogen and oxygen atoms in total. The van der Waals surface area contributed by atoms with Gasteiger partial charge in [-0.15, -0.1) is 0 Å². The molecule has 0 aliphatic carbocycles. The zero-order valence-electron chi connectivity index (χ0n) is 21.0. The van der Waals surface area contributed by atoms with E-state index in [1.165, 1.54) is 18.3 Å². The molecule has 12 heteroatoms. The number of aliphatic hydroxyl groups is 1. The molecule has 2 saturated heterocycles. The summed E-state index contributed by atoms with van der Waals surface area (Å²) in [5, 5.41) is 15.2. The average molecular weight is 571 g/mol. The Morgan fingerprint density at radius 2 is 1.87 bits per heavy atom. The van der Waals surface area contributed by atoms with Crippen LogP contribution in [0.2, 0.25) is 10.0 Å². The van der Waals surface area contributed by atoms with Crippen molar-refractivity contribution in [3.05, 3.63) is 51.6 Å².